The van der Waals surface area contributed by atoms with Gasteiger partial charge in [0.05, 0.1) is 6.10 Å². The van der Waals surface area contributed by atoms with Crippen LogP contribution in [-0.2, 0) is 6.42 Å². The van der Waals surface area contributed by atoms with Crippen LogP contribution in [0, 0.1) is 0 Å². The Morgan fingerprint density at radius 1 is 0.595 bits per heavy atom. The highest BCUT2D eigenvalue weighted by Crippen LogP contribution is 2.55. The third kappa shape index (κ3) is 4.24. The Kier molecular flexibility index (Phi) is 6.24. The first-order valence-corrected chi connectivity index (χ1v) is 12.8. The molecule has 6 rings (SSSR count). The Hall–Kier alpha value is -5.20. The quantitative estimate of drug-likeness (QED) is 0.159. The number of aliphatic hydroxyl groups is 2. The fraction of sp³-hybridized carbons (Fsp3) is 0.200. The average Bonchev–Trinajstić information content (AvgIpc) is 2.94. The number of phenols is 8. The van der Waals surface area contributed by atoms with Crippen molar-refractivity contribution >= 4 is 0 Å². The molecule has 0 saturated heterocycles. The van der Waals surface area contributed by atoms with E-state index in [9.17, 15) is 51.1 Å². The highest BCUT2D eigenvalue weighted by atomic mass is 16.5. The number of ether oxygens (including phenoxy) is 2. The molecule has 0 aliphatic carbocycles. The van der Waals surface area contributed by atoms with Crippen molar-refractivity contribution in [1.82, 2.24) is 0 Å². The molecule has 4 aromatic rings. The van der Waals surface area contributed by atoms with Crippen molar-refractivity contribution in [2.75, 3.05) is 0 Å². The first kappa shape index (κ1) is 27.0. The van der Waals surface area contributed by atoms with Crippen molar-refractivity contribution < 1.29 is 60.5 Å². The number of hydrogen-bond acceptors (Lipinski definition) is 12. The topological polar surface area (TPSA) is 221 Å². The fourth-order valence-electron chi connectivity index (χ4n) is 5.68. The van der Waals surface area contributed by atoms with E-state index < -0.39 is 70.6 Å². The lowest BCUT2D eigenvalue weighted by atomic mass is 9.78. The van der Waals surface area contributed by atoms with Crippen LogP contribution >= 0.6 is 0 Å². The van der Waals surface area contributed by atoms with Gasteiger partial charge < -0.3 is 60.5 Å². The molecule has 0 unspecified atom stereocenters. The van der Waals surface area contributed by atoms with Crippen LogP contribution in [0.5, 0.6) is 57.5 Å². The molecule has 2 aliphatic rings. The molecular formula is C30H26O12. The standard InChI is InChI=1S/C30H26O12/c31-13-2-3-14-23(8-13)41-29(11-1-4-16(32)18(34)5-11)27(40)24(14)25-19(35)10-17(33)15-9-22(38)28(42-30(15)25)12-6-20(36)26(39)21(37)7-12/h1-8,10,22,24,27-29,31-40H,9H2/t22-,24+,27+,28-,29-/m1/s1. The molecule has 218 valence electrons. The van der Waals surface area contributed by atoms with Gasteiger partial charge in [0.25, 0.3) is 0 Å². The van der Waals surface area contributed by atoms with Gasteiger partial charge in [-0.05, 0) is 35.9 Å². The number of phenolic OH excluding ortho intramolecular Hbond substituents is 8. The number of fused-ring (bicyclic) bond motifs is 2. The summed E-state index contributed by atoms with van der Waals surface area (Å²) in [6, 6.07) is 11.2. The minimum atomic E-state index is -1.47. The van der Waals surface area contributed by atoms with E-state index in [2.05, 4.69) is 0 Å². The van der Waals surface area contributed by atoms with Crippen molar-refractivity contribution in [2.45, 2.75) is 36.8 Å². The number of hydrogen-bond donors (Lipinski definition) is 10. The van der Waals surface area contributed by atoms with Crippen LogP contribution in [0.3, 0.4) is 0 Å². The lowest BCUT2D eigenvalue weighted by Gasteiger charge is -2.40. The third-order valence-electron chi connectivity index (χ3n) is 7.68. The molecule has 0 saturated carbocycles. The van der Waals surface area contributed by atoms with Crippen molar-refractivity contribution in [3.8, 4) is 57.5 Å². The molecule has 12 heteroatoms. The van der Waals surface area contributed by atoms with E-state index in [-0.39, 0.29) is 45.9 Å². The van der Waals surface area contributed by atoms with Gasteiger partial charge in [-0.2, -0.15) is 0 Å². The highest BCUT2D eigenvalue weighted by molar-refractivity contribution is 5.64. The third-order valence-corrected chi connectivity index (χ3v) is 7.68. The summed E-state index contributed by atoms with van der Waals surface area (Å²) in [4.78, 5) is 0. The number of rotatable bonds is 3. The minimum absolute atomic E-state index is 0.00247. The van der Waals surface area contributed by atoms with Crippen LogP contribution in [0.25, 0.3) is 0 Å². The van der Waals surface area contributed by atoms with E-state index in [0.29, 0.717) is 5.56 Å². The molecule has 0 spiro atoms. The summed E-state index contributed by atoms with van der Waals surface area (Å²) < 4.78 is 12.2. The van der Waals surface area contributed by atoms with Gasteiger partial charge in [0.1, 0.15) is 34.9 Å². The minimum Gasteiger partial charge on any atom is -0.508 e. The Bertz CT molecular complexity index is 1690. The van der Waals surface area contributed by atoms with Gasteiger partial charge in [-0.25, -0.2) is 0 Å². The van der Waals surface area contributed by atoms with Crippen molar-refractivity contribution in [3.63, 3.8) is 0 Å². The lowest BCUT2D eigenvalue weighted by molar-refractivity contribution is 0.00183. The largest absolute Gasteiger partial charge is 0.508 e. The van der Waals surface area contributed by atoms with Gasteiger partial charge in [-0.15, -0.1) is 0 Å². The van der Waals surface area contributed by atoms with Gasteiger partial charge in [0.15, 0.2) is 41.0 Å². The van der Waals surface area contributed by atoms with E-state index in [1.54, 1.807) is 0 Å². The molecular weight excluding hydrogens is 552 g/mol. The molecule has 2 aliphatic heterocycles. The Morgan fingerprint density at radius 3 is 1.98 bits per heavy atom. The molecule has 2 heterocycles. The number of aromatic hydroxyl groups is 8. The molecule has 10 N–H and O–H groups in total. The lowest BCUT2D eigenvalue weighted by Crippen LogP contribution is -2.36. The average molecular weight is 579 g/mol. The summed E-state index contributed by atoms with van der Waals surface area (Å²) >= 11 is 0. The van der Waals surface area contributed by atoms with Gasteiger partial charge >= 0.3 is 0 Å². The van der Waals surface area contributed by atoms with Gasteiger partial charge in [0.2, 0.25) is 0 Å². The van der Waals surface area contributed by atoms with Crippen molar-refractivity contribution in [3.05, 3.63) is 82.4 Å². The van der Waals surface area contributed by atoms with E-state index >= 15 is 0 Å². The van der Waals surface area contributed by atoms with Crippen LogP contribution < -0.4 is 9.47 Å². The second-order valence-electron chi connectivity index (χ2n) is 10.3. The van der Waals surface area contributed by atoms with Crippen LogP contribution in [0.4, 0.5) is 0 Å². The molecule has 42 heavy (non-hydrogen) atoms. The Morgan fingerprint density at radius 2 is 1.29 bits per heavy atom. The zero-order valence-corrected chi connectivity index (χ0v) is 21.6. The second kappa shape index (κ2) is 9.72. The van der Waals surface area contributed by atoms with E-state index in [0.717, 1.165) is 18.2 Å². The fourth-order valence-corrected chi connectivity index (χ4v) is 5.68. The van der Waals surface area contributed by atoms with Crippen LogP contribution in [0.1, 0.15) is 45.9 Å². The zero-order valence-electron chi connectivity index (χ0n) is 21.6. The molecule has 4 aromatic carbocycles. The second-order valence-corrected chi connectivity index (χ2v) is 10.3. The summed E-state index contributed by atoms with van der Waals surface area (Å²) in [5.41, 5.74) is 0.770. The van der Waals surface area contributed by atoms with Crippen LogP contribution in [0.2, 0.25) is 0 Å². The highest BCUT2D eigenvalue weighted by Gasteiger charge is 2.45. The van der Waals surface area contributed by atoms with Gasteiger partial charge in [-0.1, -0.05) is 12.1 Å². The van der Waals surface area contributed by atoms with Crippen molar-refractivity contribution in [2.24, 2.45) is 0 Å². The SMILES string of the molecule is Oc1ccc2c(c1)O[C@H](c1ccc(O)c(O)c1)[C@@H](O)[C@@H]2c1c(O)cc(O)c2c1O[C@H](c1cc(O)c(O)c(O)c1)[C@H](O)C2. The molecule has 0 bridgehead atoms. The van der Waals surface area contributed by atoms with Crippen molar-refractivity contribution in [1.29, 1.82) is 0 Å². The van der Waals surface area contributed by atoms with Crippen LogP contribution in [0.15, 0.2) is 54.6 Å². The normalized spacial score (nSPS) is 22.9. The molecule has 5 atom stereocenters. The molecule has 0 aromatic heterocycles. The smallest absolute Gasteiger partial charge is 0.200 e. The molecule has 12 nitrogen and oxygen atoms in total. The van der Waals surface area contributed by atoms with Gasteiger partial charge in [0, 0.05) is 46.7 Å². The Balaban J connectivity index is 1.53. The van der Waals surface area contributed by atoms with E-state index in [4.69, 9.17) is 9.47 Å². The molecule has 0 fully saturated rings. The predicted molar refractivity (Wildman–Crippen MR) is 143 cm³/mol. The summed E-state index contributed by atoms with van der Waals surface area (Å²) in [6.45, 7) is 0. The first-order valence-electron chi connectivity index (χ1n) is 12.8. The number of benzene rings is 4. The zero-order chi connectivity index (χ0) is 30.0. The summed E-state index contributed by atoms with van der Waals surface area (Å²) in [5, 5.41) is 105. The number of aliphatic hydroxyl groups excluding tert-OH is 2. The first-order chi connectivity index (χ1) is 19.9. The maximum absolute atomic E-state index is 11.7. The molecule has 0 radical (unpaired) electrons. The van der Waals surface area contributed by atoms with E-state index in [1.165, 1.54) is 36.4 Å². The maximum atomic E-state index is 11.7. The summed E-state index contributed by atoms with van der Waals surface area (Å²) in [6.07, 6.45) is -5.41. The predicted octanol–water partition coefficient (Wildman–Crippen LogP) is 3.00. The summed E-state index contributed by atoms with van der Waals surface area (Å²) in [7, 11) is 0. The Labute approximate surface area is 237 Å². The maximum Gasteiger partial charge on any atom is 0.200 e. The molecule has 0 amide bonds. The van der Waals surface area contributed by atoms with Crippen LogP contribution in [-0.4, -0.2) is 63.3 Å². The van der Waals surface area contributed by atoms with Gasteiger partial charge in [-0.3, -0.25) is 0 Å². The summed E-state index contributed by atoms with van der Waals surface area (Å²) in [5.74, 6) is -5.07. The monoisotopic (exact) mass is 578 g/mol. The van der Waals surface area contributed by atoms with E-state index in [1.807, 2.05) is 0 Å².